The van der Waals surface area contributed by atoms with E-state index in [1.807, 2.05) is 6.92 Å². The van der Waals surface area contributed by atoms with Crippen molar-refractivity contribution in [3.8, 4) is 11.5 Å². The highest BCUT2D eigenvalue weighted by Gasteiger charge is 2.23. The van der Waals surface area contributed by atoms with E-state index in [1.165, 1.54) is 33.5 Å². The monoisotopic (exact) mass is 349 g/mol. The lowest BCUT2D eigenvalue weighted by atomic mass is 9.99. The lowest BCUT2D eigenvalue weighted by Crippen LogP contribution is -2.14. The smallest absolute Gasteiger partial charge is 0.357 e. The Morgan fingerprint density at radius 2 is 1.62 bits per heavy atom. The summed E-state index contributed by atoms with van der Waals surface area (Å²) in [7, 11) is 4.20. The Hall–Kier alpha value is -2.60. The van der Waals surface area contributed by atoms with Gasteiger partial charge in [-0.3, -0.25) is 4.79 Å². The van der Waals surface area contributed by atoms with Crippen LogP contribution in [0.2, 0.25) is 5.15 Å². The summed E-state index contributed by atoms with van der Waals surface area (Å²) in [5.41, 5.74) is 0.996. The number of benzene rings is 1. The first-order valence-corrected chi connectivity index (χ1v) is 7.32. The third-order valence-corrected chi connectivity index (χ3v) is 3.71. The fraction of sp³-hybridized carbons (Fsp3) is 0.235. The number of ketones is 1. The number of rotatable bonds is 5. The van der Waals surface area contributed by atoms with Gasteiger partial charge in [-0.1, -0.05) is 11.6 Å². The van der Waals surface area contributed by atoms with Crippen molar-refractivity contribution in [2.75, 3.05) is 21.3 Å². The summed E-state index contributed by atoms with van der Waals surface area (Å²) in [6.07, 6.45) is 0. The zero-order chi connectivity index (χ0) is 17.9. The number of aromatic nitrogens is 1. The average Bonchev–Trinajstić information content (AvgIpc) is 2.60. The van der Waals surface area contributed by atoms with Gasteiger partial charge in [-0.2, -0.15) is 0 Å². The standard InChI is InChI=1S/C17H16ClNO5/c1-9-12(22-2)7-10(8-13(9)23-3)16(20)11-5-6-14(18)19-15(11)17(21)24-4/h5-8H,1-4H3. The molecule has 6 nitrogen and oxygen atoms in total. The van der Waals surface area contributed by atoms with E-state index < -0.39 is 11.8 Å². The molecule has 0 bridgehead atoms. The fourth-order valence-electron chi connectivity index (χ4n) is 2.24. The van der Waals surface area contributed by atoms with Gasteiger partial charge in [0.2, 0.25) is 0 Å². The first-order chi connectivity index (χ1) is 11.4. The second-order valence-electron chi connectivity index (χ2n) is 4.86. The minimum Gasteiger partial charge on any atom is -0.496 e. The maximum Gasteiger partial charge on any atom is 0.357 e. The molecule has 24 heavy (non-hydrogen) atoms. The first-order valence-electron chi connectivity index (χ1n) is 6.95. The van der Waals surface area contributed by atoms with Gasteiger partial charge in [0.25, 0.3) is 0 Å². The van der Waals surface area contributed by atoms with E-state index in [0.717, 1.165) is 5.56 Å². The van der Waals surface area contributed by atoms with Gasteiger partial charge in [0.1, 0.15) is 16.7 Å². The summed E-state index contributed by atoms with van der Waals surface area (Å²) in [4.78, 5) is 28.6. The highest BCUT2D eigenvalue weighted by atomic mass is 35.5. The van der Waals surface area contributed by atoms with Gasteiger partial charge in [0.05, 0.1) is 26.9 Å². The number of hydrogen-bond acceptors (Lipinski definition) is 6. The predicted octanol–water partition coefficient (Wildman–Crippen LogP) is 3.08. The Bertz CT molecular complexity index is 779. The number of hydrogen-bond donors (Lipinski definition) is 0. The lowest BCUT2D eigenvalue weighted by Gasteiger charge is -2.13. The van der Waals surface area contributed by atoms with Gasteiger partial charge in [0, 0.05) is 11.1 Å². The predicted molar refractivity (Wildman–Crippen MR) is 88.3 cm³/mol. The molecule has 0 N–H and O–H groups in total. The Balaban J connectivity index is 2.59. The molecule has 0 aliphatic heterocycles. The van der Waals surface area contributed by atoms with Crippen molar-refractivity contribution in [1.82, 2.24) is 4.98 Å². The van der Waals surface area contributed by atoms with Crippen molar-refractivity contribution in [1.29, 1.82) is 0 Å². The van der Waals surface area contributed by atoms with Crippen LogP contribution in [0.25, 0.3) is 0 Å². The molecule has 0 atom stereocenters. The molecule has 126 valence electrons. The zero-order valence-electron chi connectivity index (χ0n) is 13.7. The van der Waals surface area contributed by atoms with E-state index in [0.29, 0.717) is 17.1 Å². The van der Waals surface area contributed by atoms with Gasteiger partial charge in [-0.25, -0.2) is 9.78 Å². The van der Waals surface area contributed by atoms with Crippen LogP contribution in [0.5, 0.6) is 11.5 Å². The second-order valence-corrected chi connectivity index (χ2v) is 5.24. The molecule has 0 aliphatic carbocycles. The molecular formula is C17H16ClNO5. The van der Waals surface area contributed by atoms with E-state index in [1.54, 1.807) is 12.1 Å². The number of ether oxygens (including phenoxy) is 3. The molecule has 1 aromatic carbocycles. The molecule has 0 saturated carbocycles. The highest BCUT2D eigenvalue weighted by Crippen LogP contribution is 2.31. The maximum atomic E-state index is 12.8. The van der Waals surface area contributed by atoms with Crippen LogP contribution < -0.4 is 9.47 Å². The van der Waals surface area contributed by atoms with E-state index in [4.69, 9.17) is 21.1 Å². The van der Waals surface area contributed by atoms with Crippen LogP contribution in [0.15, 0.2) is 24.3 Å². The quantitative estimate of drug-likeness (QED) is 0.469. The number of nitrogens with zero attached hydrogens (tertiary/aromatic N) is 1. The number of methoxy groups -OCH3 is 3. The van der Waals surface area contributed by atoms with Crippen LogP contribution in [0.4, 0.5) is 0 Å². The summed E-state index contributed by atoms with van der Waals surface area (Å²) in [6, 6.07) is 6.03. The zero-order valence-corrected chi connectivity index (χ0v) is 14.4. The van der Waals surface area contributed by atoms with E-state index in [2.05, 4.69) is 9.72 Å². The molecule has 7 heteroatoms. The van der Waals surface area contributed by atoms with Gasteiger partial charge >= 0.3 is 5.97 Å². The average molecular weight is 350 g/mol. The molecule has 0 fully saturated rings. The molecule has 0 unspecified atom stereocenters. The molecule has 1 heterocycles. The Kier molecular flexibility index (Phi) is 5.41. The molecular weight excluding hydrogens is 334 g/mol. The third kappa shape index (κ3) is 3.33. The SMILES string of the molecule is COC(=O)c1nc(Cl)ccc1C(=O)c1cc(OC)c(C)c(OC)c1. The summed E-state index contributed by atoms with van der Waals surface area (Å²) >= 11 is 5.81. The van der Waals surface area contributed by atoms with Crippen LogP contribution in [0.3, 0.4) is 0 Å². The summed E-state index contributed by atoms with van der Waals surface area (Å²) in [6.45, 7) is 1.82. The van der Waals surface area contributed by atoms with E-state index in [-0.39, 0.29) is 16.4 Å². The topological polar surface area (TPSA) is 74.7 Å². The minimum absolute atomic E-state index is 0.0826. The number of carbonyl (C=O) groups excluding carboxylic acids is 2. The van der Waals surface area contributed by atoms with Crippen LogP contribution in [-0.2, 0) is 4.74 Å². The van der Waals surface area contributed by atoms with Crippen molar-refractivity contribution in [3.05, 3.63) is 51.8 Å². The summed E-state index contributed by atoms with van der Waals surface area (Å²) < 4.78 is 15.2. The van der Waals surface area contributed by atoms with Crippen LogP contribution in [0, 0.1) is 6.92 Å². The normalized spacial score (nSPS) is 10.2. The third-order valence-electron chi connectivity index (χ3n) is 3.50. The van der Waals surface area contributed by atoms with Crippen LogP contribution in [-0.4, -0.2) is 38.1 Å². The molecule has 0 radical (unpaired) electrons. The molecule has 2 aromatic rings. The van der Waals surface area contributed by atoms with Crippen molar-refractivity contribution >= 4 is 23.4 Å². The Morgan fingerprint density at radius 3 is 2.12 bits per heavy atom. The van der Waals surface area contributed by atoms with Crippen molar-refractivity contribution in [2.45, 2.75) is 6.92 Å². The number of carbonyl (C=O) groups is 2. The van der Waals surface area contributed by atoms with E-state index in [9.17, 15) is 9.59 Å². The second kappa shape index (κ2) is 7.31. The lowest BCUT2D eigenvalue weighted by molar-refractivity contribution is 0.0590. The minimum atomic E-state index is -0.744. The first kappa shape index (κ1) is 17.7. The largest absolute Gasteiger partial charge is 0.496 e. The Morgan fingerprint density at radius 1 is 1.04 bits per heavy atom. The molecule has 2 rings (SSSR count). The Labute approximate surface area is 144 Å². The van der Waals surface area contributed by atoms with Crippen LogP contribution >= 0.6 is 11.6 Å². The van der Waals surface area contributed by atoms with Crippen molar-refractivity contribution in [3.63, 3.8) is 0 Å². The van der Waals surface area contributed by atoms with Gasteiger partial charge in [-0.15, -0.1) is 0 Å². The molecule has 1 aromatic heterocycles. The van der Waals surface area contributed by atoms with Gasteiger partial charge in [0.15, 0.2) is 11.5 Å². The number of halogens is 1. The van der Waals surface area contributed by atoms with Gasteiger partial charge < -0.3 is 14.2 Å². The highest BCUT2D eigenvalue weighted by molar-refractivity contribution is 6.29. The molecule has 0 aliphatic rings. The molecule has 0 saturated heterocycles. The van der Waals surface area contributed by atoms with Crippen LogP contribution in [0.1, 0.15) is 32.0 Å². The number of esters is 1. The van der Waals surface area contributed by atoms with Crippen molar-refractivity contribution in [2.24, 2.45) is 0 Å². The van der Waals surface area contributed by atoms with E-state index >= 15 is 0 Å². The molecule has 0 spiro atoms. The maximum absolute atomic E-state index is 12.8. The fourth-order valence-corrected chi connectivity index (χ4v) is 2.39. The van der Waals surface area contributed by atoms with Gasteiger partial charge in [-0.05, 0) is 31.2 Å². The summed E-state index contributed by atoms with van der Waals surface area (Å²) in [5.74, 6) is -0.165. The molecule has 0 amide bonds. The number of pyridine rings is 1. The summed E-state index contributed by atoms with van der Waals surface area (Å²) in [5, 5.41) is 0.0889. The van der Waals surface area contributed by atoms with Crippen molar-refractivity contribution < 1.29 is 23.8 Å².